The lowest BCUT2D eigenvalue weighted by atomic mass is 10.2. The van der Waals surface area contributed by atoms with Crippen LogP contribution in [0.5, 0.6) is 0 Å². The number of nitrogens with zero attached hydrogens (tertiary/aromatic N) is 1. The third-order valence-corrected chi connectivity index (χ3v) is 2.93. The molecule has 0 spiro atoms. The molecule has 0 bridgehead atoms. The number of para-hydroxylation sites is 1. The predicted molar refractivity (Wildman–Crippen MR) is 84.6 cm³/mol. The number of benzene rings is 2. The third-order valence-electron chi connectivity index (χ3n) is 2.93. The molecule has 2 aromatic carbocycles. The third kappa shape index (κ3) is 4.81. The fraction of sp³-hybridized carbons (Fsp3) is 0.118. The molecular formula is C17H13FN2O4. The van der Waals surface area contributed by atoms with Crippen LogP contribution in [-0.4, -0.2) is 17.6 Å². The SMILES string of the molecule is O=C(NCC#Cc1cccc(F)c1[N+](=O)[O-])OCc1ccccc1. The molecule has 6 nitrogen and oxygen atoms in total. The molecule has 1 amide bonds. The lowest BCUT2D eigenvalue weighted by molar-refractivity contribution is -0.387. The summed E-state index contributed by atoms with van der Waals surface area (Å²) in [5, 5.41) is 13.2. The summed E-state index contributed by atoms with van der Waals surface area (Å²) in [7, 11) is 0. The van der Waals surface area contributed by atoms with E-state index in [0.29, 0.717) is 0 Å². The molecule has 0 heterocycles. The summed E-state index contributed by atoms with van der Waals surface area (Å²) >= 11 is 0. The number of ether oxygens (including phenoxy) is 1. The maximum atomic E-state index is 13.4. The number of rotatable bonds is 4. The number of halogens is 1. The Morgan fingerprint density at radius 2 is 1.96 bits per heavy atom. The van der Waals surface area contributed by atoms with E-state index < -0.39 is 22.5 Å². The van der Waals surface area contributed by atoms with Crippen molar-refractivity contribution < 1.29 is 18.8 Å². The average Bonchev–Trinajstić information content (AvgIpc) is 2.57. The molecule has 0 fully saturated rings. The van der Waals surface area contributed by atoms with Crippen molar-refractivity contribution in [2.24, 2.45) is 0 Å². The van der Waals surface area contributed by atoms with Crippen molar-refractivity contribution in [3.05, 3.63) is 75.6 Å². The highest BCUT2D eigenvalue weighted by molar-refractivity contribution is 5.67. The topological polar surface area (TPSA) is 81.5 Å². The second-order valence-electron chi connectivity index (χ2n) is 4.61. The van der Waals surface area contributed by atoms with Gasteiger partial charge in [-0.15, -0.1) is 0 Å². The van der Waals surface area contributed by atoms with Crippen LogP contribution in [-0.2, 0) is 11.3 Å². The van der Waals surface area contributed by atoms with Crippen LogP contribution >= 0.6 is 0 Å². The Morgan fingerprint density at radius 3 is 2.67 bits per heavy atom. The van der Waals surface area contributed by atoms with E-state index in [0.717, 1.165) is 11.6 Å². The molecule has 0 saturated heterocycles. The van der Waals surface area contributed by atoms with E-state index in [2.05, 4.69) is 17.2 Å². The average molecular weight is 328 g/mol. The summed E-state index contributed by atoms with van der Waals surface area (Å²) in [5.74, 6) is 4.03. The summed E-state index contributed by atoms with van der Waals surface area (Å²) in [6, 6.07) is 12.8. The van der Waals surface area contributed by atoms with Gasteiger partial charge >= 0.3 is 11.8 Å². The molecule has 7 heteroatoms. The first-order chi connectivity index (χ1) is 11.6. The van der Waals surface area contributed by atoms with Crippen LogP contribution in [0.15, 0.2) is 48.5 Å². The molecule has 0 aliphatic rings. The van der Waals surface area contributed by atoms with Crippen molar-refractivity contribution in [1.29, 1.82) is 0 Å². The number of carbonyl (C=O) groups excluding carboxylic acids is 1. The van der Waals surface area contributed by atoms with Crippen LogP contribution in [0.3, 0.4) is 0 Å². The molecule has 0 aliphatic carbocycles. The van der Waals surface area contributed by atoms with Gasteiger partial charge in [-0.05, 0) is 17.7 Å². The predicted octanol–water partition coefficient (Wildman–Crippen LogP) is 3.01. The quantitative estimate of drug-likeness (QED) is 0.531. The van der Waals surface area contributed by atoms with Gasteiger partial charge in [0, 0.05) is 0 Å². The zero-order chi connectivity index (χ0) is 17.4. The number of carbonyl (C=O) groups is 1. The summed E-state index contributed by atoms with van der Waals surface area (Å²) < 4.78 is 18.4. The van der Waals surface area contributed by atoms with Gasteiger partial charge in [0.2, 0.25) is 5.82 Å². The van der Waals surface area contributed by atoms with Gasteiger partial charge in [-0.3, -0.25) is 10.1 Å². The maximum Gasteiger partial charge on any atom is 0.408 e. The minimum Gasteiger partial charge on any atom is -0.445 e. The van der Waals surface area contributed by atoms with E-state index in [9.17, 15) is 19.3 Å². The molecular weight excluding hydrogens is 315 g/mol. The number of hydrogen-bond donors (Lipinski definition) is 1. The number of nitro groups is 1. The Kier molecular flexibility index (Phi) is 5.86. The smallest absolute Gasteiger partial charge is 0.408 e. The lowest BCUT2D eigenvalue weighted by Crippen LogP contribution is -2.24. The first kappa shape index (κ1) is 17.0. The van der Waals surface area contributed by atoms with Gasteiger partial charge in [-0.1, -0.05) is 48.2 Å². The maximum absolute atomic E-state index is 13.4. The molecule has 24 heavy (non-hydrogen) atoms. The molecule has 1 N–H and O–H groups in total. The van der Waals surface area contributed by atoms with Crippen molar-refractivity contribution in [2.45, 2.75) is 6.61 Å². The van der Waals surface area contributed by atoms with Crippen LogP contribution in [0, 0.1) is 27.8 Å². The number of hydrogen-bond acceptors (Lipinski definition) is 4. The molecule has 0 radical (unpaired) electrons. The highest BCUT2D eigenvalue weighted by Gasteiger charge is 2.17. The molecule has 0 aromatic heterocycles. The van der Waals surface area contributed by atoms with Gasteiger partial charge in [-0.2, -0.15) is 4.39 Å². The summed E-state index contributed by atoms with van der Waals surface area (Å²) in [4.78, 5) is 21.5. The second kappa shape index (κ2) is 8.29. The lowest BCUT2D eigenvalue weighted by Gasteiger charge is -2.04. The zero-order valence-corrected chi connectivity index (χ0v) is 12.5. The first-order valence-corrected chi connectivity index (χ1v) is 6.94. The monoisotopic (exact) mass is 328 g/mol. The van der Waals surface area contributed by atoms with Crippen LogP contribution < -0.4 is 5.32 Å². The summed E-state index contributed by atoms with van der Waals surface area (Å²) in [6.07, 6.45) is -0.665. The van der Waals surface area contributed by atoms with E-state index in [4.69, 9.17) is 4.74 Å². The first-order valence-electron chi connectivity index (χ1n) is 6.94. The van der Waals surface area contributed by atoms with Crippen molar-refractivity contribution in [3.8, 4) is 11.8 Å². The molecule has 122 valence electrons. The fourth-order valence-electron chi connectivity index (χ4n) is 1.83. The van der Waals surface area contributed by atoms with Gasteiger partial charge < -0.3 is 10.1 Å². The Morgan fingerprint density at radius 1 is 1.21 bits per heavy atom. The normalized spacial score (nSPS) is 9.54. The van der Waals surface area contributed by atoms with Crippen LogP contribution in [0.1, 0.15) is 11.1 Å². The highest BCUT2D eigenvalue weighted by atomic mass is 19.1. The Labute approximate surface area is 137 Å². The molecule has 0 saturated carbocycles. The van der Waals surface area contributed by atoms with Gasteiger partial charge in [0.1, 0.15) is 12.2 Å². The molecule has 2 rings (SSSR count). The second-order valence-corrected chi connectivity index (χ2v) is 4.61. The van der Waals surface area contributed by atoms with Gasteiger partial charge in [0.15, 0.2) is 0 Å². The van der Waals surface area contributed by atoms with Gasteiger partial charge in [-0.25, -0.2) is 4.79 Å². The van der Waals surface area contributed by atoms with Crippen molar-refractivity contribution in [2.75, 3.05) is 6.54 Å². The fourth-order valence-corrected chi connectivity index (χ4v) is 1.83. The van der Waals surface area contributed by atoms with E-state index in [1.54, 1.807) is 0 Å². The van der Waals surface area contributed by atoms with Crippen molar-refractivity contribution in [1.82, 2.24) is 5.32 Å². The Bertz CT molecular complexity index is 797. The number of nitrogens with one attached hydrogen (secondary N) is 1. The minimum absolute atomic E-state index is 0.0561. The Balaban J connectivity index is 1.87. The minimum atomic E-state index is -0.956. The van der Waals surface area contributed by atoms with Crippen LogP contribution in [0.2, 0.25) is 0 Å². The van der Waals surface area contributed by atoms with Crippen LogP contribution in [0.4, 0.5) is 14.9 Å². The van der Waals surface area contributed by atoms with Crippen LogP contribution in [0.25, 0.3) is 0 Å². The number of nitro benzene ring substituents is 1. The van der Waals surface area contributed by atoms with E-state index in [-0.39, 0.29) is 18.7 Å². The molecule has 0 atom stereocenters. The van der Waals surface area contributed by atoms with Crippen molar-refractivity contribution in [3.63, 3.8) is 0 Å². The highest BCUT2D eigenvalue weighted by Crippen LogP contribution is 2.21. The van der Waals surface area contributed by atoms with Gasteiger partial charge in [0.05, 0.1) is 11.5 Å². The van der Waals surface area contributed by atoms with E-state index in [1.165, 1.54) is 12.1 Å². The summed E-state index contributed by atoms with van der Waals surface area (Å²) in [6.45, 7) is 0.0385. The standard InChI is InChI=1S/C17H13FN2O4/c18-15-10-4-8-14(16(15)20(22)23)9-5-11-19-17(21)24-12-13-6-2-1-3-7-13/h1-4,6-8,10H,11-12H2,(H,19,21). The zero-order valence-electron chi connectivity index (χ0n) is 12.5. The van der Waals surface area contributed by atoms with E-state index in [1.807, 2.05) is 30.3 Å². The molecule has 0 aliphatic heterocycles. The van der Waals surface area contributed by atoms with Crippen molar-refractivity contribution >= 4 is 11.8 Å². The van der Waals surface area contributed by atoms with Gasteiger partial charge in [0.25, 0.3) is 0 Å². The number of alkyl carbamates (subject to hydrolysis) is 1. The summed E-state index contributed by atoms with van der Waals surface area (Å²) in [5.41, 5.74) is 0.102. The number of amides is 1. The molecule has 2 aromatic rings. The largest absolute Gasteiger partial charge is 0.445 e. The van der Waals surface area contributed by atoms with E-state index >= 15 is 0 Å². The molecule has 0 unspecified atom stereocenters. The Hall–Kier alpha value is -3.40.